The van der Waals surface area contributed by atoms with E-state index < -0.39 is 67.0 Å². The smallest absolute Gasteiger partial charge is 0.272 e. The van der Waals surface area contributed by atoms with Gasteiger partial charge in [-0.15, -0.1) is 0 Å². The maximum absolute atomic E-state index is 13.8. The van der Waals surface area contributed by atoms with Crippen molar-refractivity contribution < 1.29 is 115 Å². The molecule has 0 unspecified atom stereocenters. The van der Waals surface area contributed by atoms with Crippen molar-refractivity contribution in [2.24, 2.45) is 0 Å². The minimum atomic E-state index is -8.60. The molecule has 0 heterocycles. The predicted molar refractivity (Wildman–Crippen MR) is 59.8 cm³/mol. The molecule has 0 rings (SSSR count). The minimum Gasteiger partial charge on any atom is -0.272 e. The van der Waals surface area contributed by atoms with Gasteiger partial charge in [-0.25, -0.2) is 4.39 Å². The molecular formula is C11HF23O3. The summed E-state index contributed by atoms with van der Waals surface area (Å²) in [6.45, 7) is 0. The Hall–Kier alpha value is -1.73. The van der Waals surface area contributed by atoms with Crippen molar-refractivity contribution >= 4 is 0 Å². The summed E-state index contributed by atoms with van der Waals surface area (Å²) in [5.74, 6) is -25.1. The van der Waals surface area contributed by atoms with Gasteiger partial charge in [-0.1, -0.05) is 0 Å². The number of rotatable bonds is 9. The Morgan fingerprint density at radius 2 is 0.676 bits per heavy atom. The average molecular weight is 618 g/mol. The van der Waals surface area contributed by atoms with Crippen molar-refractivity contribution in [1.82, 2.24) is 0 Å². The summed E-state index contributed by atoms with van der Waals surface area (Å²) >= 11 is 0. The van der Waals surface area contributed by atoms with E-state index in [1.54, 1.807) is 0 Å². The van der Waals surface area contributed by atoms with E-state index >= 15 is 0 Å². The highest BCUT2D eigenvalue weighted by Crippen LogP contribution is 2.58. The molecule has 0 saturated heterocycles. The van der Waals surface area contributed by atoms with E-state index in [1.807, 2.05) is 0 Å². The predicted octanol–water partition coefficient (Wildman–Crippen LogP) is 7.33. The van der Waals surface area contributed by atoms with Crippen LogP contribution in [-0.4, -0.2) is 67.0 Å². The van der Waals surface area contributed by atoms with E-state index in [1.165, 1.54) is 4.74 Å². The highest BCUT2D eigenvalue weighted by Gasteiger charge is 2.87. The van der Waals surface area contributed by atoms with Crippen LogP contribution in [0.2, 0.25) is 0 Å². The zero-order valence-corrected chi connectivity index (χ0v) is 15.5. The van der Waals surface area contributed by atoms with Gasteiger partial charge >= 0.3 is 60.7 Å². The number of hydrogen-bond donors (Lipinski definition) is 0. The molecule has 0 aliphatic rings. The normalized spacial score (nSPS) is 19.9. The molecular weight excluding hydrogens is 617 g/mol. The second-order valence-corrected chi connectivity index (χ2v) is 5.99. The molecule has 0 spiro atoms. The lowest BCUT2D eigenvalue weighted by Crippen LogP contribution is -2.70. The lowest BCUT2D eigenvalue weighted by molar-refractivity contribution is -0.575. The van der Waals surface area contributed by atoms with E-state index in [9.17, 15) is 101 Å². The molecule has 0 fully saturated rings. The summed E-state index contributed by atoms with van der Waals surface area (Å²) in [6, 6.07) is 0. The Kier molecular flexibility index (Phi) is 8.75. The molecule has 0 saturated carbocycles. The van der Waals surface area contributed by atoms with E-state index in [0.717, 1.165) is 9.47 Å². The third kappa shape index (κ3) is 6.30. The fraction of sp³-hybridized carbons (Fsp3) is 1.00. The van der Waals surface area contributed by atoms with Crippen molar-refractivity contribution in [3.63, 3.8) is 0 Å². The zero-order valence-electron chi connectivity index (χ0n) is 15.5. The van der Waals surface area contributed by atoms with Crippen LogP contribution in [0.5, 0.6) is 0 Å². The van der Waals surface area contributed by atoms with Crippen LogP contribution in [0.15, 0.2) is 0 Å². The second kappa shape index (κ2) is 9.18. The first-order valence-electron chi connectivity index (χ1n) is 7.42. The van der Waals surface area contributed by atoms with Crippen LogP contribution in [-0.2, 0) is 14.2 Å². The number of alkyl halides is 23. The first kappa shape index (κ1) is 35.3. The summed E-state index contributed by atoms with van der Waals surface area (Å²) < 4.78 is 295. The van der Waals surface area contributed by atoms with Crippen LogP contribution in [0.1, 0.15) is 0 Å². The molecule has 0 bridgehead atoms. The molecule has 0 aromatic rings. The molecule has 0 aliphatic carbocycles. The first-order valence-corrected chi connectivity index (χ1v) is 7.42. The van der Waals surface area contributed by atoms with Crippen LogP contribution in [0, 0.1) is 0 Å². The van der Waals surface area contributed by atoms with Gasteiger partial charge in [0.2, 0.25) is 0 Å². The van der Waals surface area contributed by atoms with Crippen molar-refractivity contribution in [2.45, 2.75) is 67.0 Å². The van der Waals surface area contributed by atoms with Crippen molar-refractivity contribution in [2.75, 3.05) is 0 Å². The van der Waals surface area contributed by atoms with E-state index in [4.69, 9.17) is 0 Å². The molecule has 3 nitrogen and oxygen atoms in total. The van der Waals surface area contributed by atoms with Crippen molar-refractivity contribution in [1.29, 1.82) is 0 Å². The molecule has 37 heavy (non-hydrogen) atoms. The van der Waals surface area contributed by atoms with Crippen molar-refractivity contribution in [3.8, 4) is 0 Å². The largest absolute Gasteiger partial charge is 0.462 e. The van der Waals surface area contributed by atoms with Gasteiger partial charge in [0.1, 0.15) is 0 Å². The third-order valence-corrected chi connectivity index (χ3v) is 3.25. The Morgan fingerprint density at radius 1 is 0.378 bits per heavy atom. The zero-order chi connectivity index (χ0) is 30.7. The molecule has 0 amide bonds. The van der Waals surface area contributed by atoms with E-state index in [2.05, 4.69) is 0 Å². The lowest BCUT2D eigenvalue weighted by Gasteiger charge is -2.41. The van der Waals surface area contributed by atoms with Gasteiger partial charge in [-0.3, -0.25) is 14.2 Å². The SMILES string of the molecule is F[C@@H](OC(F)(F)[C@](F)(OC(F)(F)[C@@](F)(OC(F)(F)C(F)(F)C(F)(F)F)C(F)(F)F)C(F)(F)F)C(F)(F)F. The summed E-state index contributed by atoms with van der Waals surface area (Å²) in [5.41, 5.74) is 0. The summed E-state index contributed by atoms with van der Waals surface area (Å²) in [7, 11) is 0. The minimum absolute atomic E-state index is 1.01. The summed E-state index contributed by atoms with van der Waals surface area (Å²) in [5, 5.41) is 0. The van der Waals surface area contributed by atoms with Gasteiger partial charge < -0.3 is 0 Å². The van der Waals surface area contributed by atoms with Crippen LogP contribution in [0.25, 0.3) is 0 Å². The maximum Gasteiger partial charge on any atom is 0.462 e. The fourth-order valence-corrected chi connectivity index (χ4v) is 1.49. The van der Waals surface area contributed by atoms with Gasteiger partial charge in [0.05, 0.1) is 0 Å². The Balaban J connectivity index is 6.96. The third-order valence-electron chi connectivity index (χ3n) is 3.25. The Bertz CT molecular complexity index is 790. The monoisotopic (exact) mass is 618 g/mol. The van der Waals surface area contributed by atoms with Gasteiger partial charge in [0.15, 0.2) is 0 Å². The van der Waals surface area contributed by atoms with Gasteiger partial charge in [0.25, 0.3) is 6.36 Å². The molecule has 224 valence electrons. The quantitative estimate of drug-likeness (QED) is 0.254. The number of hydrogen-bond acceptors (Lipinski definition) is 3. The molecule has 0 aliphatic heterocycles. The molecule has 0 radical (unpaired) electrons. The summed E-state index contributed by atoms with van der Waals surface area (Å²) in [6.07, 6.45) is -61.9. The first-order chi connectivity index (χ1) is 15.5. The second-order valence-electron chi connectivity index (χ2n) is 5.99. The molecule has 0 aromatic heterocycles. The molecule has 26 heteroatoms. The van der Waals surface area contributed by atoms with Crippen LogP contribution < -0.4 is 0 Å². The lowest BCUT2D eigenvalue weighted by atomic mass is 10.2. The molecule has 0 N–H and O–H groups in total. The molecule has 0 aromatic carbocycles. The van der Waals surface area contributed by atoms with Gasteiger partial charge in [0, 0.05) is 0 Å². The highest BCUT2D eigenvalue weighted by atomic mass is 19.4. The number of halogens is 23. The Morgan fingerprint density at radius 3 is 0.946 bits per heavy atom. The van der Waals surface area contributed by atoms with Crippen LogP contribution in [0.4, 0.5) is 101 Å². The van der Waals surface area contributed by atoms with Gasteiger partial charge in [-0.05, 0) is 0 Å². The van der Waals surface area contributed by atoms with Gasteiger partial charge in [-0.2, -0.15) is 96.6 Å². The van der Waals surface area contributed by atoms with Crippen LogP contribution in [0.3, 0.4) is 0 Å². The van der Waals surface area contributed by atoms with E-state index in [0.29, 0.717) is 0 Å². The number of ether oxygens (including phenoxy) is 3. The molecule has 3 atom stereocenters. The van der Waals surface area contributed by atoms with Crippen molar-refractivity contribution in [3.05, 3.63) is 0 Å². The van der Waals surface area contributed by atoms with Crippen LogP contribution >= 0.6 is 0 Å². The average Bonchev–Trinajstić information content (AvgIpc) is 2.56. The Labute approximate surface area is 184 Å². The van der Waals surface area contributed by atoms with E-state index in [-0.39, 0.29) is 0 Å². The maximum atomic E-state index is 13.8. The topological polar surface area (TPSA) is 27.7 Å². The summed E-state index contributed by atoms with van der Waals surface area (Å²) in [4.78, 5) is 0. The fourth-order valence-electron chi connectivity index (χ4n) is 1.49. The standard InChI is InChI=1S/C11HF23O3/c12-1(2(13,14)15)35-10(31,32)4(18,7(23,24)25)37-11(33,34)5(19,8(26,27)28)36-9(29,30)3(16,17)6(20,21)22/h1H/t1-,4+,5-/m0/s1. The highest BCUT2D eigenvalue weighted by molar-refractivity contribution is 4.96.